The molecule has 0 radical (unpaired) electrons. The summed E-state index contributed by atoms with van der Waals surface area (Å²) in [5.41, 5.74) is 4.69. The van der Waals surface area contributed by atoms with Crippen molar-refractivity contribution in [3.05, 3.63) is 48.3 Å². The molecule has 0 unspecified atom stereocenters. The fourth-order valence-corrected chi connectivity index (χ4v) is 1.81. The van der Waals surface area contributed by atoms with E-state index in [0.29, 0.717) is 6.20 Å². The Kier molecular flexibility index (Phi) is 6.42. The van der Waals surface area contributed by atoms with Gasteiger partial charge in [-0.15, -0.1) is 5.10 Å². The number of oxime groups is 1. The molecule has 0 aliphatic carbocycles. The van der Waals surface area contributed by atoms with E-state index >= 15 is 0 Å². The number of nitrogens with zero attached hydrogens (tertiary/aromatic N) is 7. The molecule has 28 heavy (non-hydrogen) atoms. The predicted molar refractivity (Wildman–Crippen MR) is 93.3 cm³/mol. The second-order valence-electron chi connectivity index (χ2n) is 4.81. The lowest BCUT2D eigenvalue weighted by Crippen LogP contribution is -2.15. The summed E-state index contributed by atoms with van der Waals surface area (Å²) in [5, 5.41) is 18.1. The molecule has 0 saturated heterocycles. The number of rotatable bonds is 4. The van der Waals surface area contributed by atoms with Crippen molar-refractivity contribution in [2.75, 3.05) is 5.32 Å². The molecule has 0 aliphatic rings. The lowest BCUT2D eigenvalue weighted by atomic mass is 10.3. The van der Waals surface area contributed by atoms with E-state index in [1.54, 1.807) is 0 Å². The van der Waals surface area contributed by atoms with Crippen molar-refractivity contribution in [2.24, 2.45) is 10.9 Å². The molecule has 0 atom stereocenters. The maximum Gasteiger partial charge on any atom is 0.417 e. The van der Waals surface area contributed by atoms with Crippen LogP contribution >= 0.6 is 0 Å². The van der Waals surface area contributed by atoms with Crippen LogP contribution in [0.1, 0.15) is 25.1 Å². The molecule has 3 rings (SSSR count). The standard InChI is InChI=1S/C13H10F3N9O.C2H6/c14-13(15,16)7-1-2-10(20-3-7)25-6-21-12(23-25)22-9-5-18-8(4-19-9)11(17)24-26;1-2/h1-6,26H,(H2,17,24)(H,19,22,23);1-2H3. The Bertz CT molecular complexity index is 921. The van der Waals surface area contributed by atoms with Crippen molar-refractivity contribution in [3.63, 3.8) is 0 Å². The molecule has 3 heterocycles. The third-order valence-electron chi connectivity index (χ3n) is 3.06. The normalized spacial score (nSPS) is 11.5. The van der Waals surface area contributed by atoms with Crippen LogP contribution < -0.4 is 11.1 Å². The number of nitrogens with two attached hydrogens (primary N) is 1. The minimum absolute atomic E-state index is 0.123. The molecule has 148 valence electrons. The first kappa shape index (κ1) is 20.5. The molecular weight excluding hydrogens is 379 g/mol. The van der Waals surface area contributed by atoms with E-state index in [0.717, 1.165) is 6.07 Å². The topological polar surface area (TPSA) is 140 Å². The SMILES string of the molecule is CC.N/C(=N\O)c1cnc(Nc2ncn(-c3ccc(C(F)(F)F)cn3)n2)cn1. The number of nitrogens with one attached hydrogen (secondary N) is 1. The molecule has 0 fully saturated rings. The fraction of sp³-hybridized carbons (Fsp3) is 0.200. The number of alkyl halides is 3. The number of pyridine rings is 1. The van der Waals surface area contributed by atoms with E-state index in [9.17, 15) is 13.2 Å². The lowest BCUT2D eigenvalue weighted by molar-refractivity contribution is -0.137. The van der Waals surface area contributed by atoms with Crippen molar-refractivity contribution in [1.82, 2.24) is 29.7 Å². The Labute approximate surface area is 157 Å². The summed E-state index contributed by atoms with van der Waals surface area (Å²) in [5.74, 6) is 0.363. The predicted octanol–water partition coefficient (Wildman–Crippen LogP) is 2.34. The van der Waals surface area contributed by atoms with Gasteiger partial charge in [0.25, 0.3) is 0 Å². The third-order valence-corrected chi connectivity index (χ3v) is 3.06. The number of halogens is 3. The number of hydrogen-bond acceptors (Lipinski definition) is 8. The van der Waals surface area contributed by atoms with Crippen LogP contribution in [0.4, 0.5) is 24.9 Å². The maximum atomic E-state index is 12.5. The summed E-state index contributed by atoms with van der Waals surface area (Å²) in [6.07, 6.45) is 0.101. The fourth-order valence-electron chi connectivity index (χ4n) is 1.81. The van der Waals surface area contributed by atoms with Gasteiger partial charge in [-0.2, -0.15) is 18.2 Å². The molecule has 10 nitrogen and oxygen atoms in total. The smallest absolute Gasteiger partial charge is 0.409 e. The Hall–Kier alpha value is -3.77. The monoisotopic (exact) mass is 395 g/mol. The Morgan fingerprint density at radius 2 is 1.86 bits per heavy atom. The number of aromatic nitrogens is 6. The van der Waals surface area contributed by atoms with Crippen LogP contribution in [-0.4, -0.2) is 40.8 Å². The van der Waals surface area contributed by atoms with Crippen LogP contribution in [0.25, 0.3) is 5.82 Å². The average molecular weight is 395 g/mol. The van der Waals surface area contributed by atoms with Crippen LogP contribution in [0, 0.1) is 0 Å². The minimum Gasteiger partial charge on any atom is -0.409 e. The van der Waals surface area contributed by atoms with Gasteiger partial charge in [-0.1, -0.05) is 19.0 Å². The molecule has 0 saturated carbocycles. The number of anilines is 2. The summed E-state index contributed by atoms with van der Waals surface area (Å²) < 4.78 is 38.8. The van der Waals surface area contributed by atoms with Gasteiger partial charge >= 0.3 is 6.18 Å². The van der Waals surface area contributed by atoms with Gasteiger partial charge in [-0.25, -0.2) is 19.6 Å². The molecule has 0 aromatic carbocycles. The van der Waals surface area contributed by atoms with Crippen LogP contribution in [-0.2, 0) is 6.18 Å². The van der Waals surface area contributed by atoms with Gasteiger partial charge in [-0.05, 0) is 12.1 Å². The summed E-state index contributed by atoms with van der Waals surface area (Å²) in [6.45, 7) is 4.00. The zero-order chi connectivity index (χ0) is 20.7. The number of amidine groups is 1. The molecule has 0 aliphatic heterocycles. The first-order valence-corrected chi connectivity index (χ1v) is 7.89. The van der Waals surface area contributed by atoms with Crippen molar-refractivity contribution in [3.8, 4) is 5.82 Å². The molecule has 0 bridgehead atoms. The van der Waals surface area contributed by atoms with Crippen molar-refractivity contribution in [1.29, 1.82) is 0 Å². The quantitative estimate of drug-likeness (QED) is 0.265. The summed E-state index contributed by atoms with van der Waals surface area (Å²) in [6, 6.07) is 2.07. The average Bonchev–Trinajstić information content (AvgIpc) is 3.17. The van der Waals surface area contributed by atoms with Crippen LogP contribution in [0.2, 0.25) is 0 Å². The zero-order valence-corrected chi connectivity index (χ0v) is 14.8. The van der Waals surface area contributed by atoms with Crippen molar-refractivity contribution in [2.45, 2.75) is 20.0 Å². The van der Waals surface area contributed by atoms with E-state index in [4.69, 9.17) is 10.9 Å². The summed E-state index contributed by atoms with van der Waals surface area (Å²) in [7, 11) is 0. The largest absolute Gasteiger partial charge is 0.417 e. The molecular formula is C15H16F3N9O. The lowest BCUT2D eigenvalue weighted by Gasteiger charge is -2.06. The van der Waals surface area contributed by atoms with E-state index < -0.39 is 11.7 Å². The molecule has 0 amide bonds. The third kappa shape index (κ3) is 4.90. The first-order chi connectivity index (χ1) is 13.4. The Morgan fingerprint density at radius 3 is 2.39 bits per heavy atom. The van der Waals surface area contributed by atoms with Gasteiger partial charge in [0.1, 0.15) is 12.0 Å². The zero-order valence-electron chi connectivity index (χ0n) is 14.8. The van der Waals surface area contributed by atoms with E-state index in [2.05, 4.69) is 35.5 Å². The Morgan fingerprint density at radius 1 is 1.11 bits per heavy atom. The summed E-state index contributed by atoms with van der Waals surface area (Å²) in [4.78, 5) is 15.6. The van der Waals surface area contributed by atoms with Crippen LogP contribution in [0.3, 0.4) is 0 Å². The van der Waals surface area contributed by atoms with Crippen molar-refractivity contribution < 1.29 is 18.4 Å². The summed E-state index contributed by atoms with van der Waals surface area (Å²) >= 11 is 0. The van der Waals surface area contributed by atoms with Gasteiger partial charge in [0, 0.05) is 6.20 Å². The maximum absolute atomic E-state index is 12.5. The van der Waals surface area contributed by atoms with Gasteiger partial charge in [-0.3, -0.25) is 0 Å². The van der Waals surface area contributed by atoms with Crippen LogP contribution in [0.5, 0.6) is 0 Å². The van der Waals surface area contributed by atoms with E-state index in [-0.39, 0.29) is 29.1 Å². The number of hydrogen-bond donors (Lipinski definition) is 3. The molecule has 3 aromatic heterocycles. The molecule has 3 aromatic rings. The van der Waals surface area contributed by atoms with E-state index in [1.807, 2.05) is 13.8 Å². The highest BCUT2D eigenvalue weighted by Crippen LogP contribution is 2.28. The first-order valence-electron chi connectivity index (χ1n) is 7.89. The highest BCUT2D eigenvalue weighted by molar-refractivity contribution is 5.94. The minimum atomic E-state index is -4.46. The highest BCUT2D eigenvalue weighted by atomic mass is 19.4. The second-order valence-corrected chi connectivity index (χ2v) is 4.81. The van der Waals surface area contributed by atoms with Crippen LogP contribution in [0.15, 0.2) is 42.2 Å². The van der Waals surface area contributed by atoms with Crippen molar-refractivity contribution >= 4 is 17.6 Å². The Balaban J connectivity index is 0.00000136. The molecule has 4 N–H and O–H groups in total. The van der Waals surface area contributed by atoms with Gasteiger partial charge in [0.05, 0.1) is 18.0 Å². The second kappa shape index (κ2) is 8.75. The van der Waals surface area contributed by atoms with E-state index in [1.165, 1.54) is 29.5 Å². The highest BCUT2D eigenvalue weighted by Gasteiger charge is 2.30. The molecule has 0 spiro atoms. The van der Waals surface area contributed by atoms with Gasteiger partial charge < -0.3 is 16.3 Å². The molecule has 13 heteroatoms. The van der Waals surface area contributed by atoms with Gasteiger partial charge in [0.15, 0.2) is 17.5 Å². The van der Waals surface area contributed by atoms with Gasteiger partial charge in [0.2, 0.25) is 5.95 Å².